The Hall–Kier alpha value is -0.640. The molecule has 0 aliphatic carbocycles. The van der Waals surface area contributed by atoms with E-state index in [4.69, 9.17) is 0 Å². The Labute approximate surface area is 53.1 Å². The fraction of sp³-hybridized carbons (Fsp3) is 0.800. The maximum atomic E-state index is 11.0. The number of carbonyl (C=O) groups is 1. The summed E-state index contributed by atoms with van der Waals surface area (Å²) in [7, 11) is 0. The van der Waals surface area contributed by atoms with Gasteiger partial charge in [-0.15, -0.1) is 0 Å². The molecule has 1 atom stereocenters. The summed E-state index contributed by atoms with van der Waals surface area (Å²) in [6, 6.07) is -0.257. The van der Waals surface area contributed by atoms with Crippen LogP contribution in [0.4, 0.5) is 4.53 Å². The monoisotopic (exact) mass is 135 g/mol. The second-order valence-corrected chi connectivity index (χ2v) is 1.88. The van der Waals surface area contributed by atoms with Crippen LogP contribution in [0.5, 0.6) is 0 Å². The summed E-state index contributed by atoms with van der Waals surface area (Å²) in [6.45, 7) is 2.93. The van der Waals surface area contributed by atoms with E-state index in [2.05, 4.69) is 10.3 Å². The molecule has 0 bridgehead atoms. The summed E-state index contributed by atoms with van der Waals surface area (Å²) in [5.41, 5.74) is 0. The van der Waals surface area contributed by atoms with Crippen molar-refractivity contribution in [1.82, 2.24) is 5.32 Å². The summed E-state index contributed by atoms with van der Waals surface area (Å²) in [6.07, 6.45) is 0. The Balaban J connectivity index is 3.26. The minimum absolute atomic E-state index is 0.0976. The van der Waals surface area contributed by atoms with Crippen molar-refractivity contribution < 1.29 is 14.3 Å². The molecule has 4 heteroatoms. The van der Waals surface area contributed by atoms with Gasteiger partial charge in [0.1, 0.15) is 6.61 Å². The van der Waals surface area contributed by atoms with Gasteiger partial charge >= 0.3 is 0 Å². The van der Waals surface area contributed by atoms with Crippen molar-refractivity contribution in [1.29, 1.82) is 0 Å². The van der Waals surface area contributed by atoms with Crippen molar-refractivity contribution >= 4 is 5.91 Å². The molecule has 0 aliphatic rings. The maximum Gasteiger partial charge on any atom is 0.217 e. The molecule has 0 aliphatic heterocycles. The Morgan fingerprint density at radius 3 is 2.78 bits per heavy atom. The van der Waals surface area contributed by atoms with Crippen molar-refractivity contribution in [3.8, 4) is 0 Å². The van der Waals surface area contributed by atoms with E-state index in [1.165, 1.54) is 6.92 Å². The maximum absolute atomic E-state index is 11.0. The first-order valence-corrected chi connectivity index (χ1v) is 2.67. The van der Waals surface area contributed by atoms with Gasteiger partial charge in [-0.25, -0.2) is 0 Å². The standard InChI is InChI=1S/C5H10FNO2/c1-4(3-9-6)7-5(2)8/h4H,3H2,1-2H3,(H,7,8). The SMILES string of the molecule is CC(=O)NC(C)COF. The van der Waals surface area contributed by atoms with Crippen molar-refractivity contribution in [2.24, 2.45) is 0 Å². The van der Waals surface area contributed by atoms with Crippen LogP contribution in [-0.4, -0.2) is 18.6 Å². The zero-order chi connectivity index (χ0) is 7.28. The fourth-order valence-corrected chi connectivity index (χ4v) is 0.483. The molecule has 0 heterocycles. The molecule has 1 N–H and O–H groups in total. The summed E-state index contributed by atoms with van der Waals surface area (Å²) in [5, 5.41) is 2.44. The third-order valence-corrected chi connectivity index (χ3v) is 0.763. The molecule has 0 fully saturated rings. The van der Waals surface area contributed by atoms with Gasteiger partial charge < -0.3 is 5.32 Å². The average Bonchev–Trinajstić information content (AvgIpc) is 1.63. The third-order valence-electron chi connectivity index (χ3n) is 0.763. The minimum atomic E-state index is -0.257. The first-order valence-electron chi connectivity index (χ1n) is 2.67. The van der Waals surface area contributed by atoms with Gasteiger partial charge in [-0.3, -0.25) is 4.79 Å². The Bertz CT molecular complexity index is 97.0. The normalized spacial score (nSPS) is 12.8. The molecule has 0 rings (SSSR count). The first-order chi connectivity index (χ1) is 4.16. The van der Waals surface area contributed by atoms with E-state index in [0.717, 1.165) is 0 Å². The van der Waals surface area contributed by atoms with E-state index in [-0.39, 0.29) is 18.6 Å². The van der Waals surface area contributed by atoms with Crippen LogP contribution in [0.25, 0.3) is 0 Å². The van der Waals surface area contributed by atoms with E-state index in [9.17, 15) is 9.32 Å². The Kier molecular flexibility index (Phi) is 3.96. The first kappa shape index (κ1) is 8.36. The highest BCUT2D eigenvalue weighted by molar-refractivity contribution is 5.73. The molecule has 54 valence electrons. The lowest BCUT2D eigenvalue weighted by atomic mass is 10.4. The predicted molar refractivity (Wildman–Crippen MR) is 30.3 cm³/mol. The molecule has 1 amide bonds. The molecule has 1 unspecified atom stereocenters. The van der Waals surface area contributed by atoms with Crippen molar-refractivity contribution in [2.75, 3.05) is 6.61 Å². The van der Waals surface area contributed by atoms with Gasteiger partial charge in [-0.05, 0) is 11.4 Å². The van der Waals surface area contributed by atoms with Crippen LogP contribution < -0.4 is 5.32 Å². The number of nitrogens with one attached hydrogen (secondary N) is 1. The molecular weight excluding hydrogens is 125 g/mol. The summed E-state index contributed by atoms with van der Waals surface area (Å²) >= 11 is 0. The minimum Gasteiger partial charge on any atom is -0.351 e. The van der Waals surface area contributed by atoms with E-state index in [1.54, 1.807) is 6.92 Å². The molecule has 0 aromatic rings. The van der Waals surface area contributed by atoms with Crippen molar-refractivity contribution in [2.45, 2.75) is 19.9 Å². The van der Waals surface area contributed by atoms with Crippen LogP contribution in [0.3, 0.4) is 0 Å². The molecule has 0 aromatic heterocycles. The second-order valence-electron chi connectivity index (χ2n) is 1.88. The molecule has 9 heavy (non-hydrogen) atoms. The number of amides is 1. The average molecular weight is 135 g/mol. The van der Waals surface area contributed by atoms with Gasteiger partial charge in [0.15, 0.2) is 0 Å². The van der Waals surface area contributed by atoms with Gasteiger partial charge in [0.2, 0.25) is 5.91 Å². The van der Waals surface area contributed by atoms with Gasteiger partial charge in [0.05, 0.1) is 6.04 Å². The summed E-state index contributed by atoms with van der Waals surface area (Å²) in [4.78, 5) is 13.5. The topological polar surface area (TPSA) is 38.3 Å². The smallest absolute Gasteiger partial charge is 0.217 e. The van der Waals surface area contributed by atoms with Crippen LogP contribution in [0.15, 0.2) is 0 Å². The van der Waals surface area contributed by atoms with E-state index >= 15 is 0 Å². The molecule has 3 nitrogen and oxygen atoms in total. The highest BCUT2D eigenvalue weighted by Gasteiger charge is 2.01. The van der Waals surface area contributed by atoms with Crippen LogP contribution >= 0.6 is 0 Å². The third kappa shape index (κ3) is 5.23. The molecule has 0 aromatic carbocycles. The van der Waals surface area contributed by atoms with Crippen molar-refractivity contribution in [3.63, 3.8) is 0 Å². The van der Waals surface area contributed by atoms with E-state index in [1.807, 2.05) is 0 Å². The molecular formula is C5H10FNO2. The van der Waals surface area contributed by atoms with Gasteiger partial charge in [-0.1, -0.05) is 0 Å². The van der Waals surface area contributed by atoms with Crippen LogP contribution in [0, 0.1) is 0 Å². The summed E-state index contributed by atoms with van der Waals surface area (Å²) in [5.74, 6) is -0.181. The van der Waals surface area contributed by atoms with Crippen molar-refractivity contribution in [3.05, 3.63) is 0 Å². The zero-order valence-corrected chi connectivity index (χ0v) is 5.48. The predicted octanol–water partition coefficient (Wildman–Crippen LogP) is 0.412. The van der Waals surface area contributed by atoms with Gasteiger partial charge in [0, 0.05) is 6.92 Å². The lowest BCUT2D eigenvalue weighted by Gasteiger charge is -2.07. The lowest BCUT2D eigenvalue weighted by molar-refractivity contribution is -0.141. The quantitative estimate of drug-likeness (QED) is 0.608. The Morgan fingerprint density at radius 1 is 1.89 bits per heavy atom. The molecule has 0 spiro atoms. The number of hydrogen-bond acceptors (Lipinski definition) is 2. The van der Waals surface area contributed by atoms with Gasteiger partial charge in [-0.2, -0.15) is 4.94 Å². The summed E-state index contributed by atoms with van der Waals surface area (Å²) < 4.78 is 11.0. The van der Waals surface area contributed by atoms with Crippen LogP contribution in [0.1, 0.15) is 13.8 Å². The number of carbonyl (C=O) groups excluding carboxylic acids is 1. The number of halogens is 1. The van der Waals surface area contributed by atoms with Gasteiger partial charge in [0.25, 0.3) is 0 Å². The zero-order valence-electron chi connectivity index (χ0n) is 5.48. The largest absolute Gasteiger partial charge is 0.351 e. The molecule has 0 saturated carbocycles. The molecule has 0 radical (unpaired) electrons. The highest BCUT2D eigenvalue weighted by Crippen LogP contribution is 1.83. The second kappa shape index (κ2) is 4.26. The van der Waals surface area contributed by atoms with Crippen LogP contribution in [0.2, 0.25) is 0 Å². The Morgan fingerprint density at radius 2 is 2.44 bits per heavy atom. The number of hydrogen-bond donors (Lipinski definition) is 1. The van der Waals surface area contributed by atoms with E-state index in [0.29, 0.717) is 0 Å². The molecule has 0 saturated heterocycles. The number of rotatable bonds is 3. The van der Waals surface area contributed by atoms with E-state index < -0.39 is 0 Å². The van der Waals surface area contributed by atoms with Crippen LogP contribution in [-0.2, 0) is 9.74 Å². The lowest BCUT2D eigenvalue weighted by Crippen LogP contribution is -2.33. The highest BCUT2D eigenvalue weighted by atomic mass is 19.3. The fourth-order valence-electron chi connectivity index (χ4n) is 0.483.